The molecule has 0 saturated carbocycles. The lowest BCUT2D eigenvalue weighted by atomic mass is 9.77. The topological polar surface area (TPSA) is 105 Å². The van der Waals surface area contributed by atoms with E-state index in [4.69, 9.17) is 10.4 Å². The van der Waals surface area contributed by atoms with Gasteiger partial charge in [0.05, 0.1) is 22.8 Å². The summed E-state index contributed by atoms with van der Waals surface area (Å²) in [5.74, 6) is -0.886. The van der Waals surface area contributed by atoms with Crippen LogP contribution in [0.5, 0.6) is 0 Å². The Morgan fingerprint density at radius 1 is 1.23 bits per heavy atom. The second kappa shape index (κ2) is 11.1. The van der Waals surface area contributed by atoms with Gasteiger partial charge < -0.3 is 20.8 Å². The van der Waals surface area contributed by atoms with Crippen LogP contribution in [0.1, 0.15) is 46.3 Å². The molecule has 0 spiro atoms. The van der Waals surface area contributed by atoms with Crippen LogP contribution < -0.4 is 10.6 Å². The molecule has 0 bridgehead atoms. The first-order chi connectivity index (χ1) is 14.4. The summed E-state index contributed by atoms with van der Waals surface area (Å²) in [6.07, 6.45) is 3.07. The van der Waals surface area contributed by atoms with Gasteiger partial charge in [0.2, 0.25) is 0 Å². The molecule has 1 fully saturated rings. The van der Waals surface area contributed by atoms with Gasteiger partial charge in [-0.2, -0.15) is 5.26 Å². The van der Waals surface area contributed by atoms with Gasteiger partial charge in [-0.1, -0.05) is 12.1 Å². The van der Waals surface area contributed by atoms with Crippen LogP contribution in [0.2, 0.25) is 0 Å². The molecule has 31 heavy (non-hydrogen) atoms. The van der Waals surface area contributed by atoms with Gasteiger partial charge in [-0.15, -0.1) is 12.4 Å². The summed E-state index contributed by atoms with van der Waals surface area (Å²) in [6, 6.07) is 14.8. The van der Waals surface area contributed by atoms with E-state index in [0.717, 1.165) is 42.7 Å². The number of nitriles is 1. The first-order valence-electron chi connectivity index (χ1n) is 10.4. The highest BCUT2D eigenvalue weighted by atomic mass is 35.5. The number of halogens is 1. The number of nitrogens with zero attached hydrogens (tertiary/aromatic N) is 1. The molecule has 2 aromatic carbocycles. The maximum absolute atomic E-state index is 11.4. The Bertz CT molecular complexity index is 919. The minimum Gasteiger partial charge on any atom is -0.478 e. The molecule has 0 radical (unpaired) electrons. The number of anilines is 1. The maximum atomic E-state index is 11.4. The third-order valence-corrected chi connectivity index (χ3v) is 6.11. The van der Waals surface area contributed by atoms with Crippen LogP contribution >= 0.6 is 12.4 Å². The fraction of sp³-hybridized carbons (Fsp3) is 0.417. The zero-order valence-electron chi connectivity index (χ0n) is 17.7. The van der Waals surface area contributed by atoms with E-state index >= 15 is 0 Å². The number of piperidine rings is 1. The number of hydrogen-bond donors (Lipinski definition) is 4. The number of nitrogens with one attached hydrogen (secondary N) is 2. The molecule has 1 aliphatic heterocycles. The van der Waals surface area contributed by atoms with Crippen LogP contribution in [0.4, 0.5) is 5.69 Å². The van der Waals surface area contributed by atoms with Crippen molar-refractivity contribution in [3.8, 4) is 6.07 Å². The lowest BCUT2D eigenvalue weighted by molar-refractivity contribution is -0.0418. The molecule has 166 valence electrons. The highest BCUT2D eigenvalue weighted by molar-refractivity contribution is 5.88. The van der Waals surface area contributed by atoms with Gasteiger partial charge >= 0.3 is 5.97 Å². The van der Waals surface area contributed by atoms with Gasteiger partial charge in [0.1, 0.15) is 0 Å². The molecule has 1 heterocycles. The predicted molar refractivity (Wildman–Crippen MR) is 124 cm³/mol. The van der Waals surface area contributed by atoms with Crippen LogP contribution in [-0.2, 0) is 6.42 Å². The largest absolute Gasteiger partial charge is 0.478 e. The normalized spacial score (nSPS) is 15.9. The van der Waals surface area contributed by atoms with E-state index in [2.05, 4.69) is 16.7 Å². The van der Waals surface area contributed by atoms with Crippen molar-refractivity contribution in [2.75, 3.05) is 25.0 Å². The van der Waals surface area contributed by atoms with Gasteiger partial charge in [-0.3, -0.25) is 0 Å². The van der Waals surface area contributed by atoms with Gasteiger partial charge in [-0.25, -0.2) is 4.79 Å². The fourth-order valence-corrected chi connectivity index (χ4v) is 4.14. The van der Waals surface area contributed by atoms with Gasteiger partial charge in [0, 0.05) is 18.2 Å². The number of hydrogen-bond acceptors (Lipinski definition) is 5. The summed E-state index contributed by atoms with van der Waals surface area (Å²) in [7, 11) is 0. The van der Waals surface area contributed by atoms with Crippen molar-refractivity contribution >= 4 is 24.1 Å². The average Bonchev–Trinajstić information content (AvgIpc) is 2.75. The summed E-state index contributed by atoms with van der Waals surface area (Å²) in [5.41, 5.74) is 3.10. The van der Waals surface area contributed by atoms with E-state index in [1.54, 1.807) is 18.2 Å². The number of carbonyl (C=O) groups is 1. The first kappa shape index (κ1) is 24.7. The Morgan fingerprint density at radius 2 is 1.90 bits per heavy atom. The molecular formula is C24H30ClN3O3. The zero-order chi connectivity index (χ0) is 21.6. The Hall–Kier alpha value is -2.59. The van der Waals surface area contributed by atoms with E-state index in [1.165, 1.54) is 0 Å². The van der Waals surface area contributed by atoms with Crippen LogP contribution in [0.15, 0.2) is 42.5 Å². The van der Waals surface area contributed by atoms with E-state index in [0.29, 0.717) is 24.9 Å². The number of rotatable bonds is 8. The predicted octanol–water partition coefficient (Wildman–Crippen LogP) is 3.76. The summed E-state index contributed by atoms with van der Waals surface area (Å²) in [6.45, 7) is 4.10. The van der Waals surface area contributed by atoms with Crippen LogP contribution in [0.25, 0.3) is 0 Å². The van der Waals surface area contributed by atoms with E-state index in [9.17, 15) is 9.90 Å². The Labute approximate surface area is 189 Å². The SMILES string of the molecule is Cc1cc(C(=O)O)ccc1NCC(CCc1ccc(C#N)cc1)C1(O)CCNCC1.Cl. The molecule has 0 aromatic heterocycles. The lowest BCUT2D eigenvalue weighted by Gasteiger charge is -2.40. The van der Waals surface area contributed by atoms with Gasteiger partial charge in [0.15, 0.2) is 0 Å². The second-order valence-electron chi connectivity index (χ2n) is 8.11. The number of carboxylic acids is 1. The van der Waals surface area contributed by atoms with Crippen molar-refractivity contribution in [2.45, 2.75) is 38.2 Å². The van der Waals surface area contributed by atoms with Crippen molar-refractivity contribution in [1.29, 1.82) is 5.26 Å². The number of carboxylic acid groups (broad SMARTS) is 1. The first-order valence-corrected chi connectivity index (χ1v) is 10.4. The molecule has 4 N–H and O–H groups in total. The molecule has 2 aromatic rings. The Balaban J connectivity index is 0.00000341. The molecule has 1 unspecified atom stereocenters. The number of aryl methyl sites for hydroxylation is 2. The highest BCUT2D eigenvalue weighted by Crippen LogP contribution is 2.32. The molecule has 6 nitrogen and oxygen atoms in total. The quantitative estimate of drug-likeness (QED) is 0.495. The molecule has 0 aliphatic carbocycles. The summed E-state index contributed by atoms with van der Waals surface area (Å²) in [5, 5.41) is 36.2. The molecule has 3 rings (SSSR count). The minimum atomic E-state index is -0.936. The third-order valence-electron chi connectivity index (χ3n) is 6.11. The highest BCUT2D eigenvalue weighted by Gasteiger charge is 2.37. The molecule has 0 amide bonds. The van der Waals surface area contributed by atoms with E-state index in [1.807, 2.05) is 31.2 Å². The minimum absolute atomic E-state index is 0. The molecular weight excluding hydrogens is 414 g/mol. The fourth-order valence-electron chi connectivity index (χ4n) is 4.14. The van der Waals surface area contributed by atoms with Crippen molar-refractivity contribution in [2.24, 2.45) is 5.92 Å². The molecule has 1 aliphatic rings. The Morgan fingerprint density at radius 3 is 2.48 bits per heavy atom. The van der Waals surface area contributed by atoms with Crippen molar-refractivity contribution in [3.05, 3.63) is 64.7 Å². The maximum Gasteiger partial charge on any atom is 0.335 e. The smallest absolute Gasteiger partial charge is 0.335 e. The standard InChI is InChI=1S/C24H29N3O3.ClH/c1-17-14-20(23(28)29)7-9-22(17)27-16-21(24(30)10-12-26-13-11-24)8-6-18-2-4-19(15-25)5-3-18;/h2-5,7,9,14,21,26-27,30H,6,8,10-13,16H2,1H3,(H,28,29);1H. The third kappa shape index (κ3) is 6.44. The number of aliphatic hydroxyl groups is 1. The molecule has 1 saturated heterocycles. The van der Waals surface area contributed by atoms with Gasteiger partial charge in [-0.05, 0) is 87.2 Å². The lowest BCUT2D eigenvalue weighted by Crippen LogP contribution is -2.49. The van der Waals surface area contributed by atoms with Crippen molar-refractivity contribution in [3.63, 3.8) is 0 Å². The average molecular weight is 444 g/mol. The summed E-state index contributed by atoms with van der Waals surface area (Å²) in [4.78, 5) is 11.2. The van der Waals surface area contributed by atoms with Crippen LogP contribution in [-0.4, -0.2) is 41.4 Å². The summed E-state index contributed by atoms with van der Waals surface area (Å²) >= 11 is 0. The van der Waals surface area contributed by atoms with E-state index < -0.39 is 11.6 Å². The number of aromatic carboxylic acids is 1. The van der Waals surface area contributed by atoms with Gasteiger partial charge in [0.25, 0.3) is 0 Å². The monoisotopic (exact) mass is 443 g/mol. The second-order valence-corrected chi connectivity index (χ2v) is 8.11. The van der Waals surface area contributed by atoms with Crippen LogP contribution in [0.3, 0.4) is 0 Å². The zero-order valence-corrected chi connectivity index (χ0v) is 18.5. The number of benzene rings is 2. The molecule has 7 heteroatoms. The van der Waals surface area contributed by atoms with Crippen molar-refractivity contribution < 1.29 is 15.0 Å². The van der Waals surface area contributed by atoms with Crippen LogP contribution in [0, 0.1) is 24.2 Å². The molecule has 1 atom stereocenters. The van der Waals surface area contributed by atoms with E-state index in [-0.39, 0.29) is 23.9 Å². The Kier molecular flexibility index (Phi) is 8.88. The summed E-state index contributed by atoms with van der Waals surface area (Å²) < 4.78 is 0. The van der Waals surface area contributed by atoms with Crippen molar-refractivity contribution in [1.82, 2.24) is 5.32 Å².